The molecule has 6 heteroatoms. The molecule has 0 radical (unpaired) electrons. The average Bonchev–Trinajstić information content (AvgIpc) is 2.64. The van der Waals surface area contributed by atoms with Gasteiger partial charge in [0.05, 0.1) is 22.7 Å². The van der Waals surface area contributed by atoms with Crippen LogP contribution in [-0.4, -0.2) is 30.0 Å². The Balaban J connectivity index is 2.26. The molecule has 5 nitrogen and oxygen atoms in total. The monoisotopic (exact) mass is 281 g/mol. The van der Waals surface area contributed by atoms with Crippen molar-refractivity contribution in [3.8, 4) is 0 Å². The molecule has 0 fully saturated rings. The Bertz CT molecular complexity index is 674. The van der Waals surface area contributed by atoms with Gasteiger partial charge in [-0.3, -0.25) is 4.68 Å². The molecule has 0 amide bonds. The SMILES string of the molecule is CC(N)CCS(=O)(=O)Cc1nn(C)c2ccccc12. The Hall–Kier alpha value is -1.40. The second kappa shape index (κ2) is 5.30. The third-order valence-electron chi connectivity index (χ3n) is 3.08. The summed E-state index contributed by atoms with van der Waals surface area (Å²) in [5.41, 5.74) is 7.16. The molecule has 1 aromatic heterocycles. The highest BCUT2D eigenvalue weighted by Gasteiger charge is 2.17. The highest BCUT2D eigenvalue weighted by atomic mass is 32.2. The van der Waals surface area contributed by atoms with Crippen molar-refractivity contribution in [3.63, 3.8) is 0 Å². The van der Waals surface area contributed by atoms with Crippen molar-refractivity contribution in [2.75, 3.05) is 5.75 Å². The maximum Gasteiger partial charge on any atom is 0.156 e. The van der Waals surface area contributed by atoms with E-state index in [-0.39, 0.29) is 17.5 Å². The van der Waals surface area contributed by atoms with Crippen LogP contribution >= 0.6 is 0 Å². The molecule has 2 rings (SSSR count). The summed E-state index contributed by atoms with van der Waals surface area (Å²) in [6.07, 6.45) is 0.479. The van der Waals surface area contributed by atoms with Crippen molar-refractivity contribution in [1.82, 2.24) is 9.78 Å². The van der Waals surface area contributed by atoms with E-state index in [9.17, 15) is 8.42 Å². The first-order chi connectivity index (χ1) is 8.89. The van der Waals surface area contributed by atoms with Crippen LogP contribution in [0.2, 0.25) is 0 Å². The molecule has 1 heterocycles. The van der Waals surface area contributed by atoms with E-state index in [1.165, 1.54) is 0 Å². The van der Waals surface area contributed by atoms with Crippen molar-refractivity contribution >= 4 is 20.7 Å². The van der Waals surface area contributed by atoms with Gasteiger partial charge in [-0.2, -0.15) is 5.10 Å². The second-order valence-electron chi connectivity index (χ2n) is 4.95. The van der Waals surface area contributed by atoms with E-state index in [4.69, 9.17) is 5.73 Å². The first-order valence-electron chi connectivity index (χ1n) is 6.25. The molecule has 2 aromatic rings. The van der Waals surface area contributed by atoms with Crippen LogP contribution in [0.25, 0.3) is 10.9 Å². The number of nitrogens with zero attached hydrogens (tertiary/aromatic N) is 2. The number of rotatable bonds is 5. The molecule has 2 N–H and O–H groups in total. The lowest BCUT2D eigenvalue weighted by Gasteiger charge is -2.05. The van der Waals surface area contributed by atoms with E-state index in [0.717, 1.165) is 10.9 Å². The Morgan fingerprint density at radius 1 is 1.37 bits per heavy atom. The highest BCUT2D eigenvalue weighted by Crippen LogP contribution is 2.19. The standard InChI is InChI=1S/C13H19N3O2S/c1-10(14)7-8-19(17,18)9-12-11-5-3-4-6-13(11)16(2)15-12/h3-6,10H,7-9,14H2,1-2H3. The highest BCUT2D eigenvalue weighted by molar-refractivity contribution is 7.90. The van der Waals surface area contributed by atoms with Gasteiger partial charge in [-0.1, -0.05) is 18.2 Å². The van der Waals surface area contributed by atoms with Crippen LogP contribution in [0.5, 0.6) is 0 Å². The molecule has 0 saturated heterocycles. The molecule has 0 aliphatic heterocycles. The van der Waals surface area contributed by atoms with Gasteiger partial charge in [0, 0.05) is 18.5 Å². The molecule has 104 valence electrons. The zero-order chi connectivity index (χ0) is 14.0. The first kappa shape index (κ1) is 14.0. The predicted octanol–water partition coefficient (Wildman–Crippen LogP) is 1.23. The number of nitrogens with two attached hydrogens (primary N) is 1. The summed E-state index contributed by atoms with van der Waals surface area (Å²) >= 11 is 0. The maximum atomic E-state index is 12.1. The van der Waals surface area contributed by atoms with E-state index in [2.05, 4.69) is 5.10 Å². The normalized spacial score (nSPS) is 13.8. The third-order valence-corrected chi connectivity index (χ3v) is 4.65. The number of hydrogen-bond donors (Lipinski definition) is 1. The van der Waals surface area contributed by atoms with E-state index in [0.29, 0.717) is 12.1 Å². The van der Waals surface area contributed by atoms with E-state index < -0.39 is 9.84 Å². The number of aryl methyl sites for hydroxylation is 1. The number of benzene rings is 1. The first-order valence-corrected chi connectivity index (χ1v) is 8.08. The lowest BCUT2D eigenvalue weighted by atomic mass is 10.2. The Labute approximate surface area is 113 Å². The van der Waals surface area contributed by atoms with Crippen LogP contribution in [0.4, 0.5) is 0 Å². The Kier molecular flexibility index (Phi) is 3.91. The van der Waals surface area contributed by atoms with Crippen LogP contribution in [0.1, 0.15) is 19.0 Å². The number of sulfone groups is 1. The topological polar surface area (TPSA) is 78.0 Å². The molecule has 0 bridgehead atoms. The minimum atomic E-state index is -3.16. The number of aromatic nitrogens is 2. The molecular formula is C13H19N3O2S. The summed E-state index contributed by atoms with van der Waals surface area (Å²) in [5.74, 6) is 0.0800. The summed E-state index contributed by atoms with van der Waals surface area (Å²) < 4.78 is 25.8. The molecule has 0 saturated carbocycles. The zero-order valence-corrected chi connectivity index (χ0v) is 12.0. The van der Waals surface area contributed by atoms with Crippen LogP contribution in [0.15, 0.2) is 24.3 Å². The largest absolute Gasteiger partial charge is 0.328 e. The van der Waals surface area contributed by atoms with Crippen LogP contribution in [-0.2, 0) is 22.6 Å². The van der Waals surface area contributed by atoms with Crippen molar-refractivity contribution in [2.45, 2.75) is 25.1 Å². The van der Waals surface area contributed by atoms with Gasteiger partial charge in [-0.15, -0.1) is 0 Å². The quantitative estimate of drug-likeness (QED) is 0.894. The van der Waals surface area contributed by atoms with Gasteiger partial charge in [0.1, 0.15) is 0 Å². The van der Waals surface area contributed by atoms with Crippen LogP contribution < -0.4 is 5.73 Å². The van der Waals surface area contributed by atoms with Gasteiger partial charge in [-0.05, 0) is 19.4 Å². The lowest BCUT2D eigenvalue weighted by molar-refractivity contribution is 0.585. The van der Waals surface area contributed by atoms with Gasteiger partial charge in [-0.25, -0.2) is 8.42 Å². The molecule has 19 heavy (non-hydrogen) atoms. The van der Waals surface area contributed by atoms with Gasteiger partial charge in [0.25, 0.3) is 0 Å². The predicted molar refractivity (Wildman–Crippen MR) is 76.5 cm³/mol. The molecule has 0 spiro atoms. The fourth-order valence-corrected chi connectivity index (χ4v) is 3.55. The molecule has 0 aliphatic carbocycles. The molecule has 0 aliphatic rings. The molecule has 1 aromatic carbocycles. The summed E-state index contributed by atoms with van der Waals surface area (Å²) in [4.78, 5) is 0. The molecule has 1 unspecified atom stereocenters. The summed E-state index contributed by atoms with van der Waals surface area (Å²) in [5, 5.41) is 5.21. The molecule has 1 atom stereocenters. The third kappa shape index (κ3) is 3.33. The number of para-hydroxylation sites is 1. The second-order valence-corrected chi connectivity index (χ2v) is 7.13. The van der Waals surface area contributed by atoms with E-state index in [1.54, 1.807) is 4.68 Å². The van der Waals surface area contributed by atoms with Crippen LogP contribution in [0, 0.1) is 0 Å². The smallest absolute Gasteiger partial charge is 0.156 e. The van der Waals surface area contributed by atoms with E-state index >= 15 is 0 Å². The average molecular weight is 281 g/mol. The minimum Gasteiger partial charge on any atom is -0.328 e. The van der Waals surface area contributed by atoms with Crippen LogP contribution in [0.3, 0.4) is 0 Å². The fourth-order valence-electron chi connectivity index (χ4n) is 2.04. The Morgan fingerprint density at radius 2 is 2.05 bits per heavy atom. The zero-order valence-electron chi connectivity index (χ0n) is 11.2. The van der Waals surface area contributed by atoms with Crippen molar-refractivity contribution in [2.24, 2.45) is 12.8 Å². The van der Waals surface area contributed by atoms with Crippen molar-refractivity contribution in [1.29, 1.82) is 0 Å². The van der Waals surface area contributed by atoms with E-state index in [1.807, 2.05) is 38.2 Å². The number of hydrogen-bond acceptors (Lipinski definition) is 4. The summed E-state index contributed by atoms with van der Waals surface area (Å²) in [7, 11) is -1.34. The van der Waals surface area contributed by atoms with Gasteiger partial charge >= 0.3 is 0 Å². The minimum absolute atomic E-state index is 0.0267. The van der Waals surface area contributed by atoms with Gasteiger partial charge in [0.15, 0.2) is 9.84 Å². The van der Waals surface area contributed by atoms with Crippen molar-refractivity contribution < 1.29 is 8.42 Å². The number of fused-ring (bicyclic) bond motifs is 1. The lowest BCUT2D eigenvalue weighted by Crippen LogP contribution is -2.21. The van der Waals surface area contributed by atoms with Crippen molar-refractivity contribution in [3.05, 3.63) is 30.0 Å². The summed E-state index contributed by atoms with van der Waals surface area (Å²) in [6, 6.07) is 7.54. The fraction of sp³-hybridized carbons (Fsp3) is 0.462. The van der Waals surface area contributed by atoms with Gasteiger partial charge < -0.3 is 5.73 Å². The van der Waals surface area contributed by atoms with Gasteiger partial charge in [0.2, 0.25) is 0 Å². The Morgan fingerprint density at radius 3 is 2.74 bits per heavy atom. The maximum absolute atomic E-state index is 12.1. The molecular weight excluding hydrogens is 262 g/mol. The summed E-state index contributed by atoms with van der Waals surface area (Å²) in [6.45, 7) is 1.81.